The molecule has 1 fully saturated rings. The van der Waals surface area contributed by atoms with E-state index in [0.717, 1.165) is 24.3 Å². The van der Waals surface area contributed by atoms with Gasteiger partial charge < -0.3 is 54.7 Å². The number of hydrogen-bond donors (Lipinski definition) is 8. The van der Waals surface area contributed by atoms with E-state index in [0.29, 0.717) is 0 Å². The number of aromatic hydroxyl groups is 4. The second-order valence-corrected chi connectivity index (χ2v) is 7.44. The molecule has 2 aromatic carbocycles. The first-order valence-electron chi connectivity index (χ1n) is 9.64. The molecule has 1 aromatic heterocycles. The summed E-state index contributed by atoms with van der Waals surface area (Å²) in [7, 11) is 0. The molecule has 8 N–H and O–H groups in total. The van der Waals surface area contributed by atoms with Crippen LogP contribution < -0.4 is 10.2 Å². The monoisotopic (exact) mass is 464 g/mol. The number of aliphatic hydroxyl groups excluding tert-OH is 4. The number of ether oxygens (including phenoxy) is 2. The van der Waals surface area contributed by atoms with E-state index < -0.39 is 77.1 Å². The average Bonchev–Trinajstić information content (AvgIpc) is 2.77. The summed E-state index contributed by atoms with van der Waals surface area (Å²) in [4.78, 5) is 12.7. The Morgan fingerprint density at radius 1 is 0.848 bits per heavy atom. The van der Waals surface area contributed by atoms with Crippen LogP contribution in [-0.2, 0) is 4.74 Å². The summed E-state index contributed by atoms with van der Waals surface area (Å²) in [6.45, 7) is -0.726. The van der Waals surface area contributed by atoms with Crippen molar-refractivity contribution in [3.05, 3.63) is 40.6 Å². The Labute approximate surface area is 184 Å². The van der Waals surface area contributed by atoms with Crippen molar-refractivity contribution in [1.82, 2.24) is 0 Å². The predicted octanol–water partition coefficient (Wildman–Crippen LogP) is -0.539. The first-order chi connectivity index (χ1) is 15.6. The largest absolute Gasteiger partial charge is 0.507 e. The van der Waals surface area contributed by atoms with Gasteiger partial charge in [-0.3, -0.25) is 4.79 Å². The summed E-state index contributed by atoms with van der Waals surface area (Å²) in [5, 5.41) is 78.8. The van der Waals surface area contributed by atoms with E-state index in [2.05, 4.69) is 0 Å². The number of fused-ring (bicyclic) bond motifs is 1. The van der Waals surface area contributed by atoms with Gasteiger partial charge in [0.05, 0.1) is 6.61 Å². The number of phenols is 4. The van der Waals surface area contributed by atoms with Crippen LogP contribution in [0.3, 0.4) is 0 Å². The van der Waals surface area contributed by atoms with Gasteiger partial charge in [-0.15, -0.1) is 0 Å². The molecule has 0 saturated carbocycles. The van der Waals surface area contributed by atoms with Gasteiger partial charge in [-0.05, 0) is 18.2 Å². The van der Waals surface area contributed by atoms with Crippen molar-refractivity contribution in [3.63, 3.8) is 0 Å². The molecule has 0 radical (unpaired) electrons. The van der Waals surface area contributed by atoms with E-state index in [4.69, 9.17) is 13.9 Å². The van der Waals surface area contributed by atoms with Gasteiger partial charge in [0.25, 0.3) is 0 Å². The molecular weight excluding hydrogens is 444 g/mol. The molecule has 4 rings (SSSR count). The van der Waals surface area contributed by atoms with Crippen LogP contribution in [0.15, 0.2) is 39.5 Å². The minimum absolute atomic E-state index is 0.133. The van der Waals surface area contributed by atoms with E-state index in [1.54, 1.807) is 0 Å². The zero-order chi connectivity index (χ0) is 24.0. The molecule has 0 bridgehead atoms. The van der Waals surface area contributed by atoms with Crippen LogP contribution in [0.4, 0.5) is 0 Å². The fraction of sp³-hybridized carbons (Fsp3) is 0.286. The minimum atomic E-state index is -1.82. The summed E-state index contributed by atoms with van der Waals surface area (Å²) in [5.41, 5.74) is -1.06. The zero-order valence-electron chi connectivity index (χ0n) is 16.7. The molecule has 0 unspecified atom stereocenters. The van der Waals surface area contributed by atoms with Crippen LogP contribution >= 0.6 is 0 Å². The fourth-order valence-electron chi connectivity index (χ4n) is 3.49. The van der Waals surface area contributed by atoms with E-state index >= 15 is 0 Å². The Morgan fingerprint density at radius 2 is 1.58 bits per heavy atom. The molecule has 0 spiro atoms. The summed E-state index contributed by atoms with van der Waals surface area (Å²) in [6.07, 6.45) is -8.27. The van der Waals surface area contributed by atoms with Crippen molar-refractivity contribution < 1.29 is 54.7 Å². The van der Waals surface area contributed by atoms with E-state index in [-0.39, 0.29) is 16.7 Å². The van der Waals surface area contributed by atoms with Crippen LogP contribution in [0.2, 0.25) is 0 Å². The van der Waals surface area contributed by atoms with Crippen LogP contribution in [0, 0.1) is 0 Å². The first-order valence-corrected chi connectivity index (χ1v) is 9.64. The Hall–Kier alpha value is -3.55. The quantitative estimate of drug-likeness (QED) is 0.229. The lowest BCUT2D eigenvalue weighted by atomic mass is 9.99. The number of hydrogen-bond acceptors (Lipinski definition) is 12. The van der Waals surface area contributed by atoms with Gasteiger partial charge in [0.15, 0.2) is 28.3 Å². The normalized spacial score (nSPS) is 25.3. The third-order valence-electron chi connectivity index (χ3n) is 5.26. The standard InChI is InChI=1S/C21H20O12/c22-6-14-16(28)17(29)18(30)21(32-14)33-19-12(27)4-10(25)15-11(26)5-13(31-20(15)19)7-1-2-8(23)9(24)3-7/h1-5,14,16-18,21-25,27-30H,6H2/t14-,16-,17+,18-,21+/m0/s1. The number of rotatable bonds is 4. The summed E-state index contributed by atoms with van der Waals surface area (Å²) in [6, 6.07) is 5.40. The fourth-order valence-corrected chi connectivity index (χ4v) is 3.49. The van der Waals surface area contributed by atoms with Gasteiger partial charge in [-0.2, -0.15) is 0 Å². The zero-order valence-corrected chi connectivity index (χ0v) is 16.7. The molecule has 176 valence electrons. The molecule has 12 nitrogen and oxygen atoms in total. The average molecular weight is 464 g/mol. The highest BCUT2D eigenvalue weighted by atomic mass is 16.7. The molecule has 1 aliphatic heterocycles. The highest BCUT2D eigenvalue weighted by Crippen LogP contribution is 2.42. The molecule has 1 aliphatic rings. The lowest BCUT2D eigenvalue weighted by Gasteiger charge is -2.39. The van der Waals surface area contributed by atoms with Gasteiger partial charge in [-0.25, -0.2) is 0 Å². The van der Waals surface area contributed by atoms with Crippen molar-refractivity contribution in [1.29, 1.82) is 0 Å². The SMILES string of the molecule is O=c1cc(-c2ccc(O)c(O)c2)oc2c(O[C@H]3O[C@@H](CO)[C@H](O)[C@@H](O)[C@@H]3O)c(O)cc(O)c12. The number of aliphatic hydroxyl groups is 4. The molecule has 12 heteroatoms. The number of benzene rings is 2. The van der Waals surface area contributed by atoms with Gasteiger partial charge in [0.2, 0.25) is 12.0 Å². The van der Waals surface area contributed by atoms with E-state index in [1.807, 2.05) is 0 Å². The molecule has 1 saturated heterocycles. The van der Waals surface area contributed by atoms with Crippen LogP contribution in [0.25, 0.3) is 22.3 Å². The third-order valence-corrected chi connectivity index (χ3v) is 5.26. The lowest BCUT2D eigenvalue weighted by Crippen LogP contribution is -2.60. The smallest absolute Gasteiger partial charge is 0.229 e. The topological polar surface area (TPSA) is 211 Å². The lowest BCUT2D eigenvalue weighted by molar-refractivity contribution is -0.277. The number of phenolic OH excluding ortho intramolecular Hbond substituents is 4. The molecule has 0 aliphatic carbocycles. The predicted molar refractivity (Wildman–Crippen MR) is 109 cm³/mol. The highest BCUT2D eigenvalue weighted by Gasteiger charge is 2.45. The van der Waals surface area contributed by atoms with Crippen LogP contribution in [0.5, 0.6) is 28.7 Å². The molecule has 0 amide bonds. The molecular formula is C21H20O12. The Kier molecular flexibility index (Phi) is 5.78. The Morgan fingerprint density at radius 3 is 2.24 bits per heavy atom. The van der Waals surface area contributed by atoms with Crippen molar-refractivity contribution in [2.24, 2.45) is 0 Å². The summed E-state index contributed by atoms with van der Waals surface area (Å²) < 4.78 is 16.4. The van der Waals surface area contributed by atoms with E-state index in [9.17, 15) is 45.6 Å². The molecule has 2 heterocycles. The Bertz CT molecular complexity index is 1250. The highest BCUT2D eigenvalue weighted by molar-refractivity contribution is 5.91. The van der Waals surface area contributed by atoms with Crippen molar-refractivity contribution in [2.75, 3.05) is 6.61 Å². The summed E-state index contributed by atoms with van der Waals surface area (Å²) >= 11 is 0. The maximum atomic E-state index is 12.7. The van der Waals surface area contributed by atoms with Gasteiger partial charge in [-0.1, -0.05) is 0 Å². The van der Waals surface area contributed by atoms with Gasteiger partial charge in [0.1, 0.15) is 41.3 Å². The first kappa shape index (κ1) is 22.6. The van der Waals surface area contributed by atoms with Crippen LogP contribution in [0.1, 0.15) is 0 Å². The second-order valence-electron chi connectivity index (χ2n) is 7.44. The van der Waals surface area contributed by atoms with E-state index in [1.165, 1.54) is 6.07 Å². The third kappa shape index (κ3) is 3.90. The van der Waals surface area contributed by atoms with Crippen molar-refractivity contribution in [3.8, 4) is 40.1 Å². The van der Waals surface area contributed by atoms with Crippen molar-refractivity contribution in [2.45, 2.75) is 30.7 Å². The maximum absolute atomic E-state index is 12.7. The Balaban J connectivity index is 1.85. The van der Waals surface area contributed by atoms with Crippen molar-refractivity contribution >= 4 is 11.0 Å². The van der Waals surface area contributed by atoms with Gasteiger partial charge in [0, 0.05) is 17.7 Å². The second kappa shape index (κ2) is 8.42. The summed E-state index contributed by atoms with van der Waals surface area (Å²) in [5.74, 6) is -2.94. The maximum Gasteiger partial charge on any atom is 0.229 e. The minimum Gasteiger partial charge on any atom is -0.507 e. The molecule has 33 heavy (non-hydrogen) atoms. The molecule has 5 atom stereocenters. The molecule has 3 aromatic rings. The van der Waals surface area contributed by atoms with Crippen LogP contribution in [-0.4, -0.2) is 78.2 Å². The van der Waals surface area contributed by atoms with Gasteiger partial charge >= 0.3 is 0 Å².